The van der Waals surface area contributed by atoms with Crippen LogP contribution in [0.2, 0.25) is 0 Å². The van der Waals surface area contributed by atoms with Gasteiger partial charge in [-0.3, -0.25) is 9.58 Å². The van der Waals surface area contributed by atoms with Crippen LogP contribution in [0.25, 0.3) is 0 Å². The third-order valence-corrected chi connectivity index (χ3v) is 6.26. The number of carboxylic acids is 1. The molecular weight excluding hydrogens is 423 g/mol. The zero-order chi connectivity index (χ0) is 23.3. The van der Waals surface area contributed by atoms with Gasteiger partial charge in [-0.1, -0.05) is 12.5 Å². The number of carbonyl (C=O) groups is 1. The minimum absolute atomic E-state index is 0.763. The van der Waals surface area contributed by atoms with Gasteiger partial charge in [-0.15, -0.1) is 0 Å². The van der Waals surface area contributed by atoms with Crippen LogP contribution in [0.1, 0.15) is 30.7 Å². The maximum atomic E-state index is 10.6. The highest BCUT2D eigenvalue weighted by Crippen LogP contribution is 2.40. The molecule has 2 aromatic heterocycles. The molecule has 1 aliphatic carbocycles. The number of aromatic nitrogens is 3. The molecule has 0 radical (unpaired) electrons. The SMILES string of the molecule is Cc1cc(CN2C[C@H]3CCC[C@@H](CNc4ccccn4)[C@H]3C2)n(C)n1.O=C(O)C(F)(F)F. The van der Waals surface area contributed by atoms with E-state index in [-0.39, 0.29) is 0 Å². The van der Waals surface area contributed by atoms with E-state index in [9.17, 15) is 13.2 Å². The fraction of sp³-hybridized carbons (Fsp3) is 0.591. The van der Waals surface area contributed by atoms with Crippen molar-refractivity contribution in [3.8, 4) is 0 Å². The first kappa shape index (κ1) is 24.0. The van der Waals surface area contributed by atoms with Gasteiger partial charge in [0, 0.05) is 39.4 Å². The molecule has 176 valence electrons. The standard InChI is InChI=1S/C20H29N5.C2HF3O2/c1-15-10-18(24(2)23-15)13-25-12-17-7-5-6-16(19(17)14-25)11-22-20-8-3-4-9-21-20;3-2(4,5)1(6)7/h3-4,8-10,16-17,19H,5-7,11-14H2,1-2H3,(H,21,22);(H,6,7)/t16-,17+,19+;/m0./s1. The maximum absolute atomic E-state index is 10.6. The first-order chi connectivity index (χ1) is 15.1. The Morgan fingerprint density at radius 3 is 2.62 bits per heavy atom. The number of alkyl halides is 3. The summed E-state index contributed by atoms with van der Waals surface area (Å²) in [5.41, 5.74) is 2.45. The van der Waals surface area contributed by atoms with E-state index in [1.165, 1.54) is 38.0 Å². The van der Waals surface area contributed by atoms with E-state index in [0.29, 0.717) is 0 Å². The number of carboxylic acid groups (broad SMARTS) is 1. The van der Waals surface area contributed by atoms with Crippen molar-refractivity contribution in [3.63, 3.8) is 0 Å². The molecular formula is C22H30F3N5O2. The normalized spacial score (nSPS) is 23.2. The summed E-state index contributed by atoms with van der Waals surface area (Å²) in [6.07, 6.45) is 0.888. The number of pyridine rings is 1. The molecule has 2 fully saturated rings. The summed E-state index contributed by atoms with van der Waals surface area (Å²) in [5.74, 6) is 0.689. The number of aliphatic carboxylic acids is 1. The highest BCUT2D eigenvalue weighted by Gasteiger charge is 2.40. The monoisotopic (exact) mass is 453 g/mol. The second kappa shape index (κ2) is 10.3. The summed E-state index contributed by atoms with van der Waals surface area (Å²) in [6.45, 7) is 6.63. The molecule has 3 heterocycles. The Bertz CT molecular complexity index is 887. The molecule has 10 heteroatoms. The summed E-state index contributed by atoms with van der Waals surface area (Å²) < 4.78 is 33.8. The average Bonchev–Trinajstić information content (AvgIpc) is 3.29. The van der Waals surface area contributed by atoms with Gasteiger partial charge in [-0.2, -0.15) is 18.3 Å². The maximum Gasteiger partial charge on any atom is 0.490 e. The van der Waals surface area contributed by atoms with E-state index in [2.05, 4.69) is 46.4 Å². The third kappa shape index (κ3) is 6.44. The van der Waals surface area contributed by atoms with Crippen molar-refractivity contribution in [1.82, 2.24) is 19.7 Å². The van der Waals surface area contributed by atoms with Gasteiger partial charge < -0.3 is 10.4 Å². The molecule has 0 spiro atoms. The summed E-state index contributed by atoms with van der Waals surface area (Å²) in [6, 6.07) is 8.30. The number of fused-ring (bicyclic) bond motifs is 1. The number of nitrogens with zero attached hydrogens (tertiary/aromatic N) is 4. The van der Waals surface area contributed by atoms with Gasteiger partial charge in [0.1, 0.15) is 5.82 Å². The molecule has 1 aliphatic heterocycles. The van der Waals surface area contributed by atoms with Crippen molar-refractivity contribution in [3.05, 3.63) is 41.9 Å². The summed E-state index contributed by atoms with van der Waals surface area (Å²) in [7, 11) is 2.06. The molecule has 2 aromatic rings. The Morgan fingerprint density at radius 1 is 1.28 bits per heavy atom. The molecule has 2 N–H and O–H groups in total. The first-order valence-electron chi connectivity index (χ1n) is 10.8. The second-order valence-corrected chi connectivity index (χ2v) is 8.61. The van der Waals surface area contributed by atoms with Crippen LogP contribution in [-0.2, 0) is 18.4 Å². The van der Waals surface area contributed by atoms with E-state index in [1.54, 1.807) is 0 Å². The molecule has 7 nitrogen and oxygen atoms in total. The predicted molar refractivity (Wildman–Crippen MR) is 114 cm³/mol. The van der Waals surface area contributed by atoms with Crippen LogP contribution in [0.3, 0.4) is 0 Å². The Morgan fingerprint density at radius 2 is 2.03 bits per heavy atom. The predicted octanol–water partition coefficient (Wildman–Crippen LogP) is 3.72. The van der Waals surface area contributed by atoms with Crippen LogP contribution in [0.4, 0.5) is 19.0 Å². The van der Waals surface area contributed by atoms with Crippen molar-refractivity contribution in [2.24, 2.45) is 24.8 Å². The number of rotatable bonds is 5. The number of anilines is 1. The number of likely N-dealkylation sites (tertiary alicyclic amines) is 1. The smallest absolute Gasteiger partial charge is 0.475 e. The van der Waals surface area contributed by atoms with Crippen LogP contribution in [0, 0.1) is 24.7 Å². The summed E-state index contributed by atoms with van der Waals surface area (Å²) >= 11 is 0. The van der Waals surface area contributed by atoms with Gasteiger partial charge >= 0.3 is 12.1 Å². The minimum atomic E-state index is -5.08. The lowest BCUT2D eigenvalue weighted by molar-refractivity contribution is -0.192. The van der Waals surface area contributed by atoms with Crippen molar-refractivity contribution < 1.29 is 23.1 Å². The van der Waals surface area contributed by atoms with Gasteiger partial charge in [-0.05, 0) is 55.7 Å². The highest BCUT2D eigenvalue weighted by molar-refractivity contribution is 5.73. The molecule has 1 saturated carbocycles. The van der Waals surface area contributed by atoms with Crippen molar-refractivity contribution in [2.45, 2.75) is 38.9 Å². The van der Waals surface area contributed by atoms with Gasteiger partial charge in [-0.25, -0.2) is 9.78 Å². The molecule has 32 heavy (non-hydrogen) atoms. The molecule has 4 rings (SSSR count). The lowest BCUT2D eigenvalue weighted by Gasteiger charge is -2.33. The molecule has 0 aromatic carbocycles. The van der Waals surface area contributed by atoms with Gasteiger partial charge in [0.15, 0.2) is 0 Å². The van der Waals surface area contributed by atoms with Gasteiger partial charge in [0.2, 0.25) is 0 Å². The van der Waals surface area contributed by atoms with Crippen molar-refractivity contribution in [1.29, 1.82) is 0 Å². The number of aryl methyl sites for hydroxylation is 2. The molecule has 0 unspecified atom stereocenters. The lowest BCUT2D eigenvalue weighted by atomic mass is 9.74. The molecule has 0 amide bonds. The summed E-state index contributed by atoms with van der Waals surface area (Å²) in [5, 5.41) is 15.2. The Hall–Kier alpha value is -2.62. The van der Waals surface area contributed by atoms with Gasteiger partial charge in [0.05, 0.1) is 11.4 Å². The van der Waals surface area contributed by atoms with E-state index in [0.717, 1.165) is 42.4 Å². The van der Waals surface area contributed by atoms with E-state index in [1.807, 2.05) is 23.0 Å². The summed E-state index contributed by atoms with van der Waals surface area (Å²) in [4.78, 5) is 15.9. The van der Waals surface area contributed by atoms with Crippen LogP contribution in [0.15, 0.2) is 30.5 Å². The van der Waals surface area contributed by atoms with Gasteiger partial charge in [0.25, 0.3) is 0 Å². The van der Waals surface area contributed by atoms with Crippen LogP contribution >= 0.6 is 0 Å². The lowest BCUT2D eigenvalue weighted by Crippen LogP contribution is -2.32. The number of hydrogen-bond acceptors (Lipinski definition) is 5. The molecule has 3 atom stereocenters. The largest absolute Gasteiger partial charge is 0.490 e. The first-order valence-corrected chi connectivity index (χ1v) is 10.8. The molecule has 2 aliphatic rings. The molecule has 0 bridgehead atoms. The van der Waals surface area contributed by atoms with Crippen LogP contribution in [0.5, 0.6) is 0 Å². The Kier molecular flexibility index (Phi) is 7.76. The minimum Gasteiger partial charge on any atom is -0.475 e. The topological polar surface area (TPSA) is 83.3 Å². The third-order valence-electron chi connectivity index (χ3n) is 6.26. The van der Waals surface area contributed by atoms with E-state index in [4.69, 9.17) is 9.90 Å². The van der Waals surface area contributed by atoms with Crippen LogP contribution < -0.4 is 5.32 Å². The van der Waals surface area contributed by atoms with E-state index < -0.39 is 12.1 Å². The average molecular weight is 454 g/mol. The number of halogens is 3. The fourth-order valence-electron chi connectivity index (χ4n) is 4.81. The molecule has 1 saturated heterocycles. The zero-order valence-electron chi connectivity index (χ0n) is 18.3. The van der Waals surface area contributed by atoms with Crippen LogP contribution in [-0.4, -0.2) is 56.6 Å². The number of hydrogen-bond donors (Lipinski definition) is 2. The van der Waals surface area contributed by atoms with Crippen molar-refractivity contribution >= 4 is 11.8 Å². The number of nitrogens with one attached hydrogen (secondary N) is 1. The van der Waals surface area contributed by atoms with E-state index >= 15 is 0 Å². The second-order valence-electron chi connectivity index (χ2n) is 8.61. The Balaban J connectivity index is 0.000000360. The zero-order valence-corrected chi connectivity index (χ0v) is 18.3. The fourth-order valence-corrected chi connectivity index (χ4v) is 4.81. The van der Waals surface area contributed by atoms with Crippen molar-refractivity contribution in [2.75, 3.05) is 25.0 Å². The quantitative estimate of drug-likeness (QED) is 0.718. The highest BCUT2D eigenvalue weighted by atomic mass is 19.4. The Labute approximate surface area is 185 Å².